The van der Waals surface area contributed by atoms with Gasteiger partial charge in [0.2, 0.25) is 0 Å². The lowest BCUT2D eigenvalue weighted by Crippen LogP contribution is -2.20. The molecule has 1 atom stereocenters. The summed E-state index contributed by atoms with van der Waals surface area (Å²) in [6.45, 7) is 10.7. The number of carbonyl (C=O) groups is 1. The van der Waals surface area contributed by atoms with Gasteiger partial charge in [-0.1, -0.05) is 39.8 Å². The molecule has 0 radical (unpaired) electrons. The van der Waals surface area contributed by atoms with Crippen LogP contribution in [0.15, 0.2) is 12.2 Å². The first-order chi connectivity index (χ1) is 6.38. The minimum Gasteiger partial charge on any atom is -0.300 e. The standard InChI is InChI=1S/C13H24O/c1-6-7-8-9-12(14)10-11(2)13(3,4)5/h6-7,11H,8-10H2,1-5H3. The van der Waals surface area contributed by atoms with Gasteiger partial charge in [0.05, 0.1) is 0 Å². The van der Waals surface area contributed by atoms with Crippen molar-refractivity contribution < 1.29 is 4.79 Å². The van der Waals surface area contributed by atoms with Crippen LogP contribution in [0.4, 0.5) is 0 Å². The average Bonchev–Trinajstić information content (AvgIpc) is 2.03. The molecule has 0 rings (SSSR count). The highest BCUT2D eigenvalue weighted by Gasteiger charge is 2.21. The Hall–Kier alpha value is -0.590. The van der Waals surface area contributed by atoms with E-state index in [2.05, 4.69) is 33.8 Å². The highest BCUT2D eigenvalue weighted by molar-refractivity contribution is 5.78. The fourth-order valence-corrected chi connectivity index (χ4v) is 1.16. The topological polar surface area (TPSA) is 17.1 Å². The van der Waals surface area contributed by atoms with Crippen LogP contribution in [-0.4, -0.2) is 5.78 Å². The fraction of sp³-hybridized carbons (Fsp3) is 0.769. The van der Waals surface area contributed by atoms with E-state index >= 15 is 0 Å². The van der Waals surface area contributed by atoms with Crippen LogP contribution in [0, 0.1) is 11.3 Å². The lowest BCUT2D eigenvalue weighted by molar-refractivity contribution is -0.120. The van der Waals surface area contributed by atoms with Gasteiger partial charge in [-0.15, -0.1) is 0 Å². The maximum absolute atomic E-state index is 11.5. The number of hydrogen-bond acceptors (Lipinski definition) is 1. The summed E-state index contributed by atoms with van der Waals surface area (Å²) in [4.78, 5) is 11.5. The summed E-state index contributed by atoms with van der Waals surface area (Å²) < 4.78 is 0. The minimum absolute atomic E-state index is 0.246. The lowest BCUT2D eigenvalue weighted by Gasteiger charge is -2.26. The van der Waals surface area contributed by atoms with E-state index in [1.807, 2.05) is 13.0 Å². The Labute approximate surface area is 88.6 Å². The molecule has 0 spiro atoms. The Bertz CT molecular complexity index is 196. The van der Waals surface area contributed by atoms with Crippen LogP contribution in [0.1, 0.15) is 53.9 Å². The molecule has 0 bridgehead atoms. The Morgan fingerprint density at radius 2 is 1.93 bits per heavy atom. The predicted octanol–water partition coefficient (Wildman–Crippen LogP) is 3.98. The second-order valence-electron chi connectivity index (χ2n) is 5.12. The van der Waals surface area contributed by atoms with Gasteiger partial charge >= 0.3 is 0 Å². The summed E-state index contributed by atoms with van der Waals surface area (Å²) in [5.41, 5.74) is 0.246. The predicted molar refractivity (Wildman–Crippen MR) is 62.3 cm³/mol. The SMILES string of the molecule is CC=CCCC(=O)CC(C)C(C)(C)C. The smallest absolute Gasteiger partial charge is 0.133 e. The summed E-state index contributed by atoms with van der Waals surface area (Å²) in [6, 6.07) is 0. The van der Waals surface area contributed by atoms with Crippen LogP contribution >= 0.6 is 0 Å². The monoisotopic (exact) mass is 196 g/mol. The van der Waals surface area contributed by atoms with Gasteiger partial charge in [0.1, 0.15) is 5.78 Å². The van der Waals surface area contributed by atoms with Crippen molar-refractivity contribution in [2.75, 3.05) is 0 Å². The molecule has 0 fully saturated rings. The molecule has 0 heterocycles. The number of hydrogen-bond donors (Lipinski definition) is 0. The number of Topliss-reactive ketones (excluding diaryl/α,β-unsaturated/α-hetero) is 1. The number of rotatable bonds is 5. The molecule has 0 aromatic carbocycles. The highest BCUT2D eigenvalue weighted by atomic mass is 16.1. The zero-order valence-electron chi connectivity index (χ0n) is 10.3. The van der Waals surface area contributed by atoms with Gasteiger partial charge in [0, 0.05) is 12.8 Å². The first-order valence-electron chi connectivity index (χ1n) is 5.50. The molecule has 1 nitrogen and oxygen atoms in total. The van der Waals surface area contributed by atoms with Crippen LogP contribution in [0.3, 0.4) is 0 Å². The first-order valence-corrected chi connectivity index (χ1v) is 5.50. The van der Waals surface area contributed by atoms with Crippen molar-refractivity contribution in [2.45, 2.75) is 53.9 Å². The van der Waals surface area contributed by atoms with E-state index in [1.165, 1.54) is 0 Å². The largest absolute Gasteiger partial charge is 0.300 e. The molecule has 0 aliphatic rings. The minimum atomic E-state index is 0.246. The van der Waals surface area contributed by atoms with Gasteiger partial charge in [0.15, 0.2) is 0 Å². The van der Waals surface area contributed by atoms with Crippen LogP contribution in [-0.2, 0) is 4.79 Å². The molecule has 1 unspecified atom stereocenters. The third kappa shape index (κ3) is 5.95. The van der Waals surface area contributed by atoms with E-state index < -0.39 is 0 Å². The molecular weight excluding hydrogens is 172 g/mol. The van der Waals surface area contributed by atoms with Crippen LogP contribution in [0.2, 0.25) is 0 Å². The molecule has 14 heavy (non-hydrogen) atoms. The Morgan fingerprint density at radius 3 is 2.36 bits per heavy atom. The van der Waals surface area contributed by atoms with Crippen LogP contribution in [0.25, 0.3) is 0 Å². The van der Waals surface area contributed by atoms with E-state index in [0.29, 0.717) is 18.1 Å². The lowest BCUT2D eigenvalue weighted by atomic mass is 9.79. The number of ketones is 1. The third-order valence-corrected chi connectivity index (χ3v) is 2.84. The van der Waals surface area contributed by atoms with Crippen molar-refractivity contribution in [3.63, 3.8) is 0 Å². The second kappa shape index (κ2) is 6.00. The molecule has 0 saturated heterocycles. The molecule has 0 aliphatic heterocycles. The van der Waals surface area contributed by atoms with Gasteiger partial charge in [-0.3, -0.25) is 4.79 Å². The quantitative estimate of drug-likeness (QED) is 0.608. The normalized spacial score (nSPS) is 14.6. The van der Waals surface area contributed by atoms with Crippen LogP contribution < -0.4 is 0 Å². The Kier molecular flexibility index (Phi) is 5.75. The zero-order valence-corrected chi connectivity index (χ0v) is 10.3. The molecule has 1 heteroatoms. The number of carbonyl (C=O) groups excluding carboxylic acids is 1. The van der Waals surface area contributed by atoms with Gasteiger partial charge < -0.3 is 0 Å². The molecule has 0 aromatic rings. The second-order valence-corrected chi connectivity index (χ2v) is 5.12. The maximum Gasteiger partial charge on any atom is 0.133 e. The van der Waals surface area contributed by atoms with Gasteiger partial charge in [0.25, 0.3) is 0 Å². The molecular formula is C13H24O. The molecule has 0 amide bonds. The van der Waals surface area contributed by atoms with E-state index in [-0.39, 0.29) is 5.41 Å². The number of allylic oxidation sites excluding steroid dienone is 2. The Balaban J connectivity index is 3.83. The van der Waals surface area contributed by atoms with Crippen LogP contribution in [0.5, 0.6) is 0 Å². The van der Waals surface area contributed by atoms with E-state index in [0.717, 1.165) is 12.8 Å². The van der Waals surface area contributed by atoms with Gasteiger partial charge in [-0.2, -0.15) is 0 Å². The highest BCUT2D eigenvalue weighted by Crippen LogP contribution is 2.28. The van der Waals surface area contributed by atoms with Crippen molar-refractivity contribution in [2.24, 2.45) is 11.3 Å². The average molecular weight is 196 g/mol. The fourth-order valence-electron chi connectivity index (χ4n) is 1.16. The van der Waals surface area contributed by atoms with Gasteiger partial charge in [-0.25, -0.2) is 0 Å². The van der Waals surface area contributed by atoms with Crippen molar-refractivity contribution >= 4 is 5.78 Å². The molecule has 0 aliphatic carbocycles. The molecule has 0 saturated carbocycles. The van der Waals surface area contributed by atoms with Crippen molar-refractivity contribution in [1.82, 2.24) is 0 Å². The van der Waals surface area contributed by atoms with Crippen molar-refractivity contribution in [3.8, 4) is 0 Å². The van der Waals surface area contributed by atoms with Crippen molar-refractivity contribution in [3.05, 3.63) is 12.2 Å². The van der Waals surface area contributed by atoms with E-state index in [4.69, 9.17) is 0 Å². The van der Waals surface area contributed by atoms with Gasteiger partial charge in [-0.05, 0) is 24.7 Å². The summed E-state index contributed by atoms with van der Waals surface area (Å²) in [6.07, 6.45) is 6.37. The zero-order chi connectivity index (χ0) is 11.2. The first kappa shape index (κ1) is 13.4. The Morgan fingerprint density at radius 1 is 1.36 bits per heavy atom. The van der Waals surface area contributed by atoms with E-state index in [1.54, 1.807) is 0 Å². The summed E-state index contributed by atoms with van der Waals surface area (Å²) in [5.74, 6) is 0.867. The molecule has 0 N–H and O–H groups in total. The molecule has 0 aromatic heterocycles. The summed E-state index contributed by atoms with van der Waals surface area (Å²) >= 11 is 0. The van der Waals surface area contributed by atoms with E-state index in [9.17, 15) is 4.79 Å². The van der Waals surface area contributed by atoms with Crippen molar-refractivity contribution in [1.29, 1.82) is 0 Å². The molecule has 82 valence electrons. The maximum atomic E-state index is 11.5. The summed E-state index contributed by atoms with van der Waals surface area (Å²) in [7, 11) is 0. The summed E-state index contributed by atoms with van der Waals surface area (Å²) in [5, 5.41) is 0. The third-order valence-electron chi connectivity index (χ3n) is 2.84.